The maximum Gasteiger partial charge on any atom is 0.0974 e. The summed E-state index contributed by atoms with van der Waals surface area (Å²) in [6, 6.07) is 9.98. The Labute approximate surface area is 216 Å². The number of ether oxygens (including phenoxy) is 1. The van der Waals surface area contributed by atoms with Crippen molar-refractivity contribution in [2.45, 2.75) is 94.8 Å². The second kappa shape index (κ2) is 7.54. The van der Waals surface area contributed by atoms with E-state index in [1.807, 2.05) is 12.4 Å². The first-order valence-electron chi connectivity index (χ1n) is 14.7. The van der Waals surface area contributed by atoms with Gasteiger partial charge >= 0.3 is 0 Å². The number of allylic oxidation sites excluding steroid dienone is 1. The molecular formula is C33H40N2O. The minimum Gasteiger partial charge on any atom is -0.359 e. The lowest BCUT2D eigenvalue weighted by atomic mass is 9.58. The van der Waals surface area contributed by atoms with Crippen LogP contribution in [0.3, 0.4) is 0 Å². The van der Waals surface area contributed by atoms with Crippen LogP contribution in [0, 0.1) is 17.3 Å². The SMILES string of the molecule is C[C@@H]1CCN([C@@H]2CCC3=CC4=CC[C@]5(C)[C@@H](c6ccc7ccncc7c6)CC[C@H]5[C@@]45CCC3(C2)O5)C1. The molecule has 6 aliphatic rings. The number of aromatic nitrogens is 1. The number of hydrogen-bond acceptors (Lipinski definition) is 3. The van der Waals surface area contributed by atoms with Crippen molar-refractivity contribution in [2.75, 3.05) is 13.1 Å². The molecule has 3 aliphatic heterocycles. The fourth-order valence-corrected chi connectivity index (χ4v) is 9.86. The molecule has 4 fully saturated rings. The maximum absolute atomic E-state index is 7.56. The summed E-state index contributed by atoms with van der Waals surface area (Å²) in [5.74, 6) is 2.07. The third kappa shape index (κ3) is 2.91. The molecule has 0 N–H and O–H groups in total. The minimum absolute atomic E-state index is 0.0110. The van der Waals surface area contributed by atoms with Crippen LogP contribution in [-0.4, -0.2) is 40.2 Å². The minimum atomic E-state index is -0.0517. The van der Waals surface area contributed by atoms with Gasteiger partial charge in [-0.3, -0.25) is 9.88 Å². The fourth-order valence-electron chi connectivity index (χ4n) is 9.86. The van der Waals surface area contributed by atoms with E-state index in [-0.39, 0.29) is 16.6 Å². The second-order valence-electron chi connectivity index (χ2n) is 13.5. The molecule has 2 saturated carbocycles. The Morgan fingerprint density at radius 1 is 1.06 bits per heavy atom. The number of pyridine rings is 1. The predicted octanol–water partition coefficient (Wildman–Crippen LogP) is 7.19. The summed E-state index contributed by atoms with van der Waals surface area (Å²) < 4.78 is 7.56. The maximum atomic E-state index is 7.56. The average molecular weight is 481 g/mol. The smallest absolute Gasteiger partial charge is 0.0974 e. The van der Waals surface area contributed by atoms with Crippen molar-refractivity contribution in [1.29, 1.82) is 0 Å². The molecular weight excluding hydrogens is 440 g/mol. The third-order valence-corrected chi connectivity index (χ3v) is 11.7. The molecule has 4 heterocycles. The van der Waals surface area contributed by atoms with Gasteiger partial charge in [0.1, 0.15) is 0 Å². The summed E-state index contributed by atoms with van der Waals surface area (Å²) in [6.07, 6.45) is 20.5. The van der Waals surface area contributed by atoms with Gasteiger partial charge < -0.3 is 4.74 Å². The van der Waals surface area contributed by atoms with Gasteiger partial charge in [-0.1, -0.05) is 38.1 Å². The molecule has 3 nitrogen and oxygen atoms in total. The predicted molar refractivity (Wildman–Crippen MR) is 145 cm³/mol. The molecule has 0 radical (unpaired) electrons. The molecule has 2 saturated heterocycles. The first kappa shape index (κ1) is 22.1. The Balaban J connectivity index is 1.14. The molecule has 1 unspecified atom stereocenters. The van der Waals surface area contributed by atoms with Gasteiger partial charge in [0.25, 0.3) is 0 Å². The highest BCUT2D eigenvalue weighted by atomic mass is 16.5. The van der Waals surface area contributed by atoms with Crippen molar-refractivity contribution in [3.05, 3.63) is 65.5 Å². The van der Waals surface area contributed by atoms with E-state index in [4.69, 9.17) is 4.74 Å². The van der Waals surface area contributed by atoms with Crippen molar-refractivity contribution < 1.29 is 4.74 Å². The van der Waals surface area contributed by atoms with Crippen molar-refractivity contribution in [2.24, 2.45) is 17.3 Å². The van der Waals surface area contributed by atoms with Gasteiger partial charge in [-0.15, -0.1) is 0 Å². The fraction of sp³-hybridized carbons (Fsp3) is 0.606. The molecule has 0 amide bonds. The van der Waals surface area contributed by atoms with Gasteiger partial charge in [-0.2, -0.15) is 0 Å². The number of nitrogens with zero attached hydrogens (tertiary/aromatic N) is 2. The van der Waals surface area contributed by atoms with E-state index in [1.54, 1.807) is 11.1 Å². The molecule has 36 heavy (non-hydrogen) atoms. The average Bonchev–Trinajstić information content (AvgIpc) is 3.57. The van der Waals surface area contributed by atoms with Gasteiger partial charge in [0.15, 0.2) is 0 Å². The zero-order valence-corrected chi connectivity index (χ0v) is 22.0. The highest BCUT2D eigenvalue weighted by Crippen LogP contribution is 2.69. The van der Waals surface area contributed by atoms with Crippen LogP contribution in [0.1, 0.15) is 83.1 Å². The summed E-state index contributed by atoms with van der Waals surface area (Å²) in [5, 5.41) is 2.57. The molecule has 3 heteroatoms. The Hall–Kier alpha value is -1.97. The first-order chi connectivity index (χ1) is 17.5. The molecule has 8 rings (SSSR count). The zero-order valence-electron chi connectivity index (χ0n) is 22.0. The van der Waals surface area contributed by atoms with Crippen LogP contribution in [0.5, 0.6) is 0 Å². The first-order valence-corrected chi connectivity index (χ1v) is 14.7. The highest BCUT2D eigenvalue weighted by Gasteiger charge is 2.66. The molecule has 2 aromatic rings. The van der Waals surface area contributed by atoms with Crippen molar-refractivity contribution in [3.63, 3.8) is 0 Å². The molecule has 188 valence electrons. The number of fused-ring (bicyclic) bond motifs is 2. The van der Waals surface area contributed by atoms with Gasteiger partial charge in [-0.05, 0) is 122 Å². The molecule has 1 aromatic heterocycles. The molecule has 2 spiro atoms. The number of rotatable bonds is 2. The van der Waals surface area contributed by atoms with Crippen molar-refractivity contribution >= 4 is 10.8 Å². The summed E-state index contributed by atoms with van der Waals surface area (Å²) in [7, 11) is 0. The lowest BCUT2D eigenvalue weighted by Gasteiger charge is -2.55. The van der Waals surface area contributed by atoms with Crippen LogP contribution < -0.4 is 0 Å². The van der Waals surface area contributed by atoms with E-state index in [9.17, 15) is 0 Å². The summed E-state index contributed by atoms with van der Waals surface area (Å²) in [6.45, 7) is 7.60. The summed E-state index contributed by atoms with van der Waals surface area (Å²) >= 11 is 0. The van der Waals surface area contributed by atoms with Gasteiger partial charge in [0, 0.05) is 30.4 Å². The van der Waals surface area contributed by atoms with Gasteiger partial charge in [0.2, 0.25) is 0 Å². The quantitative estimate of drug-likeness (QED) is 0.455. The topological polar surface area (TPSA) is 25.4 Å². The standard InChI is InChI=1S/C33H40N2O/c1-22-11-16-35(21-22)28-6-5-26-18-27-9-12-31(2)29(24-4-3-23-10-15-34-20-25(23)17-24)7-8-30(31)33(27)14-13-32(26,19-28)36-33/h3-4,9-10,15,17-18,20,22,28-30H,5-8,11-14,16,19,21H2,1-2H3/t22-,28-,29-,30-,31-,32?,33-/m1/s1. The molecule has 2 bridgehead atoms. The molecule has 3 aliphatic carbocycles. The number of benzene rings is 1. The lowest BCUT2D eigenvalue weighted by molar-refractivity contribution is -0.140. The largest absolute Gasteiger partial charge is 0.359 e. The second-order valence-corrected chi connectivity index (χ2v) is 13.5. The van der Waals surface area contributed by atoms with Crippen LogP contribution in [0.25, 0.3) is 10.8 Å². The van der Waals surface area contributed by atoms with Crippen LogP contribution in [-0.2, 0) is 4.74 Å². The van der Waals surface area contributed by atoms with E-state index in [1.165, 1.54) is 87.2 Å². The summed E-state index contributed by atoms with van der Waals surface area (Å²) in [5.41, 5.74) is 4.90. The summed E-state index contributed by atoms with van der Waals surface area (Å²) in [4.78, 5) is 7.21. The van der Waals surface area contributed by atoms with Crippen LogP contribution in [0.15, 0.2) is 60.0 Å². The van der Waals surface area contributed by atoms with E-state index in [0.29, 0.717) is 17.9 Å². The molecule has 1 aromatic carbocycles. The highest BCUT2D eigenvalue weighted by molar-refractivity contribution is 5.82. The van der Waals surface area contributed by atoms with E-state index >= 15 is 0 Å². The van der Waals surface area contributed by atoms with E-state index < -0.39 is 0 Å². The van der Waals surface area contributed by atoms with Crippen molar-refractivity contribution in [1.82, 2.24) is 9.88 Å². The third-order valence-electron chi connectivity index (χ3n) is 11.7. The Morgan fingerprint density at radius 3 is 2.89 bits per heavy atom. The Morgan fingerprint density at radius 2 is 2.00 bits per heavy atom. The lowest BCUT2D eigenvalue weighted by Crippen LogP contribution is -2.55. The monoisotopic (exact) mass is 480 g/mol. The zero-order chi connectivity index (χ0) is 24.1. The molecule has 7 atom stereocenters. The van der Waals surface area contributed by atoms with E-state index in [2.05, 4.69) is 60.1 Å². The van der Waals surface area contributed by atoms with E-state index in [0.717, 1.165) is 5.92 Å². The Bertz CT molecular complexity index is 1300. The number of likely N-dealkylation sites (tertiary alicyclic amines) is 1. The van der Waals surface area contributed by atoms with Crippen LogP contribution >= 0.6 is 0 Å². The normalized spacial score (nSPS) is 43.6. The van der Waals surface area contributed by atoms with Crippen LogP contribution in [0.2, 0.25) is 0 Å². The van der Waals surface area contributed by atoms with Gasteiger partial charge in [0.05, 0.1) is 11.2 Å². The van der Waals surface area contributed by atoms with Crippen molar-refractivity contribution in [3.8, 4) is 0 Å². The van der Waals surface area contributed by atoms with Gasteiger partial charge in [-0.25, -0.2) is 0 Å². The Kier molecular flexibility index (Phi) is 4.62. The number of hydrogen-bond donors (Lipinski definition) is 0. The van der Waals surface area contributed by atoms with Crippen LogP contribution in [0.4, 0.5) is 0 Å².